The predicted molar refractivity (Wildman–Crippen MR) is 110 cm³/mol. The van der Waals surface area contributed by atoms with Gasteiger partial charge in [0.05, 0.1) is 6.42 Å². The number of carbonyl (C=O) groups is 1. The van der Waals surface area contributed by atoms with Gasteiger partial charge in [0.25, 0.3) is 5.56 Å². The van der Waals surface area contributed by atoms with Crippen LogP contribution in [0, 0.1) is 18.8 Å². The second-order valence-corrected chi connectivity index (χ2v) is 8.32. The summed E-state index contributed by atoms with van der Waals surface area (Å²) in [5, 5.41) is 4.08. The maximum absolute atomic E-state index is 12.3. The Morgan fingerprint density at radius 2 is 2.00 bits per heavy atom. The van der Waals surface area contributed by atoms with E-state index in [2.05, 4.69) is 29.0 Å². The number of aromatic nitrogens is 1. The molecule has 1 aromatic heterocycles. The van der Waals surface area contributed by atoms with Crippen LogP contribution in [0.5, 0.6) is 0 Å². The fraction of sp³-hybridized carbons (Fsp3) is 0.545. The Balaban J connectivity index is 1.49. The summed E-state index contributed by atoms with van der Waals surface area (Å²) >= 11 is 0. The molecule has 2 heterocycles. The summed E-state index contributed by atoms with van der Waals surface area (Å²) in [5.41, 5.74) is 2.40. The van der Waals surface area contributed by atoms with Crippen molar-refractivity contribution in [2.75, 3.05) is 26.2 Å². The maximum Gasteiger partial charge on any atom is 0.251 e. The van der Waals surface area contributed by atoms with Crippen molar-refractivity contribution in [1.29, 1.82) is 0 Å². The third kappa shape index (κ3) is 5.42. The van der Waals surface area contributed by atoms with Gasteiger partial charge in [-0.05, 0) is 73.8 Å². The minimum Gasteiger partial charge on any atom is -0.356 e. The predicted octanol–water partition coefficient (Wildman–Crippen LogP) is 2.86. The second-order valence-electron chi connectivity index (χ2n) is 8.32. The Bertz CT molecular complexity index is 848. The number of aryl methyl sites for hydroxylation is 1. The first-order valence-corrected chi connectivity index (χ1v) is 10.0. The van der Waals surface area contributed by atoms with Crippen molar-refractivity contribution in [1.82, 2.24) is 15.2 Å². The molecule has 0 unspecified atom stereocenters. The van der Waals surface area contributed by atoms with E-state index in [1.807, 2.05) is 24.3 Å². The number of rotatable bonds is 6. The number of benzene rings is 1. The molecule has 1 fully saturated rings. The van der Waals surface area contributed by atoms with Crippen LogP contribution in [0.25, 0.3) is 10.9 Å². The molecule has 2 aromatic rings. The van der Waals surface area contributed by atoms with Gasteiger partial charge in [0, 0.05) is 24.2 Å². The Labute approximate surface area is 161 Å². The van der Waals surface area contributed by atoms with Gasteiger partial charge in [-0.15, -0.1) is 0 Å². The highest BCUT2D eigenvalue weighted by atomic mass is 16.1. The van der Waals surface area contributed by atoms with Gasteiger partial charge in [-0.2, -0.15) is 0 Å². The van der Waals surface area contributed by atoms with Crippen molar-refractivity contribution in [3.8, 4) is 0 Å². The maximum atomic E-state index is 12.3. The molecule has 0 bridgehead atoms. The molecule has 27 heavy (non-hydrogen) atoms. The number of nitrogens with one attached hydrogen (secondary N) is 2. The summed E-state index contributed by atoms with van der Waals surface area (Å²) in [7, 11) is 0. The smallest absolute Gasteiger partial charge is 0.251 e. The fourth-order valence-corrected chi connectivity index (χ4v) is 3.87. The molecule has 1 aliphatic rings. The van der Waals surface area contributed by atoms with Gasteiger partial charge >= 0.3 is 0 Å². The van der Waals surface area contributed by atoms with Crippen LogP contribution < -0.4 is 10.9 Å². The number of nitrogens with zero attached hydrogens (tertiary/aromatic N) is 1. The number of likely N-dealkylation sites (tertiary alicyclic amines) is 1. The minimum atomic E-state index is -0.0626. The summed E-state index contributed by atoms with van der Waals surface area (Å²) < 4.78 is 0. The van der Waals surface area contributed by atoms with Crippen molar-refractivity contribution in [3.63, 3.8) is 0 Å². The van der Waals surface area contributed by atoms with Gasteiger partial charge in [-0.25, -0.2) is 0 Å². The summed E-state index contributed by atoms with van der Waals surface area (Å²) in [5.74, 6) is 1.37. The molecule has 1 aliphatic heterocycles. The fourth-order valence-electron chi connectivity index (χ4n) is 3.87. The van der Waals surface area contributed by atoms with E-state index in [9.17, 15) is 9.59 Å². The number of hydrogen-bond acceptors (Lipinski definition) is 3. The molecular weight excluding hydrogens is 338 g/mol. The first-order chi connectivity index (χ1) is 12.9. The summed E-state index contributed by atoms with van der Waals surface area (Å²) in [6.07, 6.45) is 2.70. The van der Waals surface area contributed by atoms with Crippen molar-refractivity contribution in [3.05, 3.63) is 45.7 Å². The first-order valence-electron chi connectivity index (χ1n) is 10.0. The number of H-pyrrole nitrogens is 1. The van der Waals surface area contributed by atoms with E-state index >= 15 is 0 Å². The lowest BCUT2D eigenvalue weighted by Gasteiger charge is -2.33. The highest BCUT2D eigenvalue weighted by molar-refractivity contribution is 5.83. The summed E-state index contributed by atoms with van der Waals surface area (Å²) in [4.78, 5) is 29.4. The van der Waals surface area contributed by atoms with E-state index in [0.29, 0.717) is 23.8 Å². The number of fused-ring (bicyclic) bond motifs is 1. The zero-order valence-electron chi connectivity index (χ0n) is 16.7. The van der Waals surface area contributed by atoms with Gasteiger partial charge in [0.2, 0.25) is 5.91 Å². The third-order valence-electron chi connectivity index (χ3n) is 5.38. The molecule has 0 aliphatic carbocycles. The van der Waals surface area contributed by atoms with Crippen LogP contribution in [0.15, 0.2) is 29.1 Å². The molecule has 5 heteroatoms. The van der Waals surface area contributed by atoms with Gasteiger partial charge in [0.15, 0.2) is 0 Å². The first kappa shape index (κ1) is 19.6. The van der Waals surface area contributed by atoms with Gasteiger partial charge < -0.3 is 15.2 Å². The van der Waals surface area contributed by atoms with Crippen LogP contribution >= 0.6 is 0 Å². The van der Waals surface area contributed by atoms with Crippen molar-refractivity contribution >= 4 is 16.8 Å². The largest absolute Gasteiger partial charge is 0.356 e. The lowest BCUT2D eigenvalue weighted by Crippen LogP contribution is -2.40. The topological polar surface area (TPSA) is 65.2 Å². The molecule has 146 valence electrons. The number of pyridine rings is 1. The number of aromatic amines is 1. The van der Waals surface area contributed by atoms with Crippen LogP contribution in [0.2, 0.25) is 0 Å². The molecule has 0 radical (unpaired) electrons. The van der Waals surface area contributed by atoms with Crippen molar-refractivity contribution in [2.24, 2.45) is 11.8 Å². The SMILES string of the molecule is Cc1cc2cc(CC(=O)NCC3CCN(CC(C)C)CC3)ccc2[nH]c1=O. The molecular formula is C22H31N3O2. The van der Waals surface area contributed by atoms with Gasteiger partial charge in [-0.3, -0.25) is 9.59 Å². The molecule has 2 N–H and O–H groups in total. The van der Waals surface area contributed by atoms with E-state index in [1.165, 1.54) is 6.54 Å². The molecule has 3 rings (SSSR count). The third-order valence-corrected chi connectivity index (χ3v) is 5.38. The zero-order chi connectivity index (χ0) is 19.4. The van der Waals surface area contributed by atoms with Crippen LogP contribution in [0.3, 0.4) is 0 Å². The quantitative estimate of drug-likeness (QED) is 0.823. The molecule has 0 saturated carbocycles. The molecule has 5 nitrogen and oxygen atoms in total. The molecule has 1 aromatic carbocycles. The zero-order valence-corrected chi connectivity index (χ0v) is 16.7. The van der Waals surface area contributed by atoms with Crippen LogP contribution in [0.1, 0.15) is 37.8 Å². The van der Waals surface area contributed by atoms with Gasteiger partial charge in [-0.1, -0.05) is 19.9 Å². The Kier molecular flexibility index (Phi) is 6.32. The summed E-state index contributed by atoms with van der Waals surface area (Å²) in [6, 6.07) is 7.66. The van der Waals surface area contributed by atoms with E-state index < -0.39 is 0 Å². The Morgan fingerprint density at radius 3 is 2.70 bits per heavy atom. The normalized spacial score (nSPS) is 16.1. The van der Waals surface area contributed by atoms with E-state index in [1.54, 1.807) is 6.92 Å². The minimum absolute atomic E-state index is 0.0626. The number of carbonyl (C=O) groups excluding carboxylic acids is 1. The monoisotopic (exact) mass is 369 g/mol. The highest BCUT2D eigenvalue weighted by Gasteiger charge is 2.20. The molecule has 0 atom stereocenters. The van der Waals surface area contributed by atoms with Crippen LogP contribution in [-0.4, -0.2) is 42.0 Å². The summed E-state index contributed by atoms with van der Waals surface area (Å²) in [6.45, 7) is 10.5. The average Bonchev–Trinajstić information content (AvgIpc) is 2.62. The van der Waals surface area contributed by atoms with E-state index in [-0.39, 0.29) is 11.5 Å². The number of amides is 1. The van der Waals surface area contributed by atoms with E-state index in [4.69, 9.17) is 0 Å². The van der Waals surface area contributed by atoms with Crippen molar-refractivity contribution < 1.29 is 4.79 Å². The standard InChI is InChI=1S/C22H31N3O2/c1-15(2)14-25-8-6-17(7-9-25)13-23-21(26)12-18-4-5-20-19(11-18)10-16(3)22(27)24-20/h4-5,10-11,15,17H,6-9,12-14H2,1-3H3,(H,23,26)(H,24,27). The van der Waals surface area contributed by atoms with Crippen LogP contribution in [0.4, 0.5) is 0 Å². The lowest BCUT2D eigenvalue weighted by atomic mass is 9.96. The Morgan fingerprint density at radius 1 is 1.26 bits per heavy atom. The molecule has 1 saturated heterocycles. The highest BCUT2D eigenvalue weighted by Crippen LogP contribution is 2.18. The Hall–Kier alpha value is -2.14. The van der Waals surface area contributed by atoms with Crippen molar-refractivity contribution in [2.45, 2.75) is 40.0 Å². The van der Waals surface area contributed by atoms with E-state index in [0.717, 1.165) is 48.9 Å². The molecule has 1 amide bonds. The average molecular weight is 370 g/mol. The number of piperidine rings is 1. The lowest BCUT2D eigenvalue weighted by molar-refractivity contribution is -0.120. The second kappa shape index (κ2) is 8.70. The van der Waals surface area contributed by atoms with Gasteiger partial charge in [0.1, 0.15) is 0 Å². The van der Waals surface area contributed by atoms with Crippen LogP contribution in [-0.2, 0) is 11.2 Å². The molecule has 0 spiro atoms. The number of hydrogen-bond donors (Lipinski definition) is 2.